The van der Waals surface area contributed by atoms with Gasteiger partial charge in [-0.1, -0.05) is 23.9 Å². The van der Waals surface area contributed by atoms with Gasteiger partial charge < -0.3 is 20.2 Å². The third kappa shape index (κ3) is 6.11. The van der Waals surface area contributed by atoms with E-state index in [4.69, 9.17) is 14.9 Å². The monoisotopic (exact) mass is 443 g/mol. The van der Waals surface area contributed by atoms with E-state index in [0.717, 1.165) is 0 Å². The summed E-state index contributed by atoms with van der Waals surface area (Å²) in [6, 6.07) is 10.9. The van der Waals surface area contributed by atoms with Crippen molar-refractivity contribution in [2.24, 2.45) is 5.73 Å². The maximum absolute atomic E-state index is 12.8. The summed E-state index contributed by atoms with van der Waals surface area (Å²) in [7, 11) is 0. The SMILES string of the molecule is CCOc1ccccc1NC(=O)[C@H](C)Sc1nnc(CCC(N)=O)n1Cc1ccco1. The number of furan rings is 1. The molecule has 0 saturated carbocycles. The second-order valence-electron chi connectivity index (χ2n) is 6.71. The number of aryl methyl sites for hydroxylation is 1. The molecule has 3 rings (SSSR count). The zero-order valence-electron chi connectivity index (χ0n) is 17.4. The van der Waals surface area contributed by atoms with Crippen LogP contribution < -0.4 is 15.8 Å². The minimum absolute atomic E-state index is 0.158. The van der Waals surface area contributed by atoms with Gasteiger partial charge in [0.15, 0.2) is 5.16 Å². The molecular formula is C21H25N5O4S. The van der Waals surface area contributed by atoms with Crippen LogP contribution in [0.5, 0.6) is 5.75 Å². The number of aromatic nitrogens is 3. The van der Waals surface area contributed by atoms with E-state index in [-0.39, 0.29) is 12.3 Å². The van der Waals surface area contributed by atoms with Crippen molar-refractivity contribution in [3.63, 3.8) is 0 Å². The van der Waals surface area contributed by atoms with E-state index in [2.05, 4.69) is 15.5 Å². The molecule has 31 heavy (non-hydrogen) atoms. The molecule has 0 aliphatic heterocycles. The molecular weight excluding hydrogens is 418 g/mol. The molecule has 3 aromatic rings. The number of para-hydroxylation sites is 2. The van der Waals surface area contributed by atoms with Gasteiger partial charge in [-0.05, 0) is 38.1 Å². The van der Waals surface area contributed by atoms with Crippen LogP contribution in [-0.4, -0.2) is 38.4 Å². The summed E-state index contributed by atoms with van der Waals surface area (Å²) < 4.78 is 12.8. The number of anilines is 1. The number of carbonyl (C=O) groups excluding carboxylic acids is 2. The molecule has 0 radical (unpaired) electrons. The fourth-order valence-corrected chi connectivity index (χ4v) is 3.71. The number of carbonyl (C=O) groups is 2. The molecule has 0 unspecified atom stereocenters. The van der Waals surface area contributed by atoms with Gasteiger partial charge in [0.2, 0.25) is 11.8 Å². The molecule has 3 N–H and O–H groups in total. The predicted molar refractivity (Wildman–Crippen MR) is 117 cm³/mol. The zero-order chi connectivity index (χ0) is 22.2. The molecule has 2 aromatic heterocycles. The van der Waals surface area contributed by atoms with Crippen molar-refractivity contribution in [3.8, 4) is 5.75 Å². The lowest BCUT2D eigenvalue weighted by Crippen LogP contribution is -2.23. The molecule has 0 bridgehead atoms. The summed E-state index contributed by atoms with van der Waals surface area (Å²) >= 11 is 1.27. The van der Waals surface area contributed by atoms with Crippen LogP contribution in [0.4, 0.5) is 5.69 Å². The number of hydrogen-bond donors (Lipinski definition) is 2. The van der Waals surface area contributed by atoms with Gasteiger partial charge in [0.25, 0.3) is 0 Å². The Morgan fingerprint density at radius 3 is 2.77 bits per heavy atom. The van der Waals surface area contributed by atoms with Crippen molar-refractivity contribution < 1.29 is 18.7 Å². The van der Waals surface area contributed by atoms with E-state index in [1.54, 1.807) is 25.3 Å². The summed E-state index contributed by atoms with van der Waals surface area (Å²) in [6.07, 6.45) is 2.10. The van der Waals surface area contributed by atoms with Gasteiger partial charge in [-0.25, -0.2) is 0 Å². The molecule has 0 fully saturated rings. The molecule has 2 amide bonds. The number of benzene rings is 1. The number of nitrogens with two attached hydrogens (primary N) is 1. The average molecular weight is 444 g/mol. The maximum atomic E-state index is 12.8. The summed E-state index contributed by atoms with van der Waals surface area (Å²) in [5.74, 6) is 1.33. The van der Waals surface area contributed by atoms with Gasteiger partial charge in [-0.15, -0.1) is 10.2 Å². The fraction of sp³-hybridized carbons (Fsp3) is 0.333. The predicted octanol–water partition coefficient (Wildman–Crippen LogP) is 2.86. The fourth-order valence-electron chi connectivity index (χ4n) is 2.84. The Kier molecular flexibility index (Phi) is 7.71. The van der Waals surface area contributed by atoms with E-state index in [1.165, 1.54) is 11.8 Å². The Morgan fingerprint density at radius 1 is 1.26 bits per heavy atom. The van der Waals surface area contributed by atoms with Crippen LogP contribution in [0.25, 0.3) is 0 Å². The molecule has 0 spiro atoms. The number of rotatable bonds is 11. The lowest BCUT2D eigenvalue weighted by atomic mass is 10.3. The van der Waals surface area contributed by atoms with Crippen molar-refractivity contribution in [3.05, 3.63) is 54.2 Å². The summed E-state index contributed by atoms with van der Waals surface area (Å²) in [5.41, 5.74) is 5.89. The zero-order valence-corrected chi connectivity index (χ0v) is 18.2. The summed E-state index contributed by atoms with van der Waals surface area (Å²) in [4.78, 5) is 24.0. The molecule has 164 valence electrons. The molecule has 2 heterocycles. The van der Waals surface area contributed by atoms with Crippen LogP contribution in [0, 0.1) is 0 Å². The van der Waals surface area contributed by atoms with Crippen molar-refractivity contribution in [2.45, 2.75) is 43.6 Å². The Hall–Kier alpha value is -3.27. The van der Waals surface area contributed by atoms with Gasteiger partial charge in [-0.3, -0.25) is 14.2 Å². The Balaban J connectivity index is 1.74. The lowest BCUT2D eigenvalue weighted by Gasteiger charge is -2.15. The molecule has 0 aliphatic rings. The molecule has 9 nitrogen and oxygen atoms in total. The van der Waals surface area contributed by atoms with E-state index in [0.29, 0.717) is 47.8 Å². The standard InChI is InChI=1S/C21H25N5O4S/c1-3-29-17-9-5-4-8-16(17)23-20(28)14(2)31-21-25-24-19(11-10-18(22)27)26(21)13-15-7-6-12-30-15/h4-9,12,14H,3,10-11,13H2,1-2H3,(H2,22,27)(H,23,28)/t14-/m0/s1. The van der Waals surface area contributed by atoms with Crippen LogP contribution in [0.3, 0.4) is 0 Å². The topological polar surface area (TPSA) is 125 Å². The number of thioether (sulfide) groups is 1. The normalized spacial score (nSPS) is 11.8. The van der Waals surface area contributed by atoms with E-state index in [1.807, 2.05) is 35.8 Å². The minimum Gasteiger partial charge on any atom is -0.492 e. The first-order valence-electron chi connectivity index (χ1n) is 9.90. The van der Waals surface area contributed by atoms with E-state index < -0.39 is 11.2 Å². The minimum atomic E-state index is -0.460. The van der Waals surface area contributed by atoms with Crippen molar-refractivity contribution in [1.82, 2.24) is 14.8 Å². The van der Waals surface area contributed by atoms with Crippen LogP contribution in [0.2, 0.25) is 0 Å². The molecule has 1 atom stereocenters. The Labute approximate surface area is 184 Å². The van der Waals surface area contributed by atoms with Crippen LogP contribution in [0.1, 0.15) is 31.9 Å². The first-order valence-corrected chi connectivity index (χ1v) is 10.8. The van der Waals surface area contributed by atoms with Crippen molar-refractivity contribution >= 4 is 29.3 Å². The summed E-state index contributed by atoms with van der Waals surface area (Å²) in [6.45, 7) is 4.57. The first kappa shape index (κ1) is 22.4. The molecule has 1 aromatic carbocycles. The van der Waals surface area contributed by atoms with Crippen LogP contribution >= 0.6 is 11.8 Å². The summed E-state index contributed by atoms with van der Waals surface area (Å²) in [5, 5.41) is 11.4. The number of ether oxygens (including phenoxy) is 1. The number of hydrogen-bond acceptors (Lipinski definition) is 7. The van der Waals surface area contributed by atoms with E-state index in [9.17, 15) is 9.59 Å². The van der Waals surface area contributed by atoms with Gasteiger partial charge in [-0.2, -0.15) is 0 Å². The highest BCUT2D eigenvalue weighted by atomic mass is 32.2. The highest BCUT2D eigenvalue weighted by molar-refractivity contribution is 8.00. The second-order valence-corrected chi connectivity index (χ2v) is 8.02. The largest absolute Gasteiger partial charge is 0.492 e. The third-order valence-corrected chi connectivity index (χ3v) is 5.46. The van der Waals surface area contributed by atoms with Crippen molar-refractivity contribution in [2.75, 3.05) is 11.9 Å². The number of amides is 2. The first-order chi connectivity index (χ1) is 15.0. The third-order valence-electron chi connectivity index (χ3n) is 4.38. The van der Waals surface area contributed by atoms with Crippen LogP contribution in [-0.2, 0) is 22.6 Å². The average Bonchev–Trinajstić information content (AvgIpc) is 3.39. The second kappa shape index (κ2) is 10.7. The smallest absolute Gasteiger partial charge is 0.237 e. The van der Waals surface area contributed by atoms with Gasteiger partial charge in [0.1, 0.15) is 17.3 Å². The number of nitrogens with zero attached hydrogens (tertiary/aromatic N) is 3. The maximum Gasteiger partial charge on any atom is 0.237 e. The lowest BCUT2D eigenvalue weighted by molar-refractivity contribution is -0.118. The van der Waals surface area contributed by atoms with Crippen molar-refractivity contribution in [1.29, 1.82) is 0 Å². The highest BCUT2D eigenvalue weighted by Gasteiger charge is 2.22. The Morgan fingerprint density at radius 2 is 2.06 bits per heavy atom. The van der Waals surface area contributed by atoms with Gasteiger partial charge in [0, 0.05) is 12.8 Å². The number of primary amides is 1. The number of nitrogens with one attached hydrogen (secondary N) is 1. The van der Waals surface area contributed by atoms with Crippen LogP contribution in [0.15, 0.2) is 52.2 Å². The van der Waals surface area contributed by atoms with Gasteiger partial charge >= 0.3 is 0 Å². The Bertz CT molecular complexity index is 1020. The molecule has 0 saturated heterocycles. The highest BCUT2D eigenvalue weighted by Crippen LogP contribution is 2.28. The van der Waals surface area contributed by atoms with E-state index >= 15 is 0 Å². The molecule has 0 aliphatic carbocycles. The quantitative estimate of drug-likeness (QED) is 0.437. The molecule has 10 heteroatoms. The van der Waals surface area contributed by atoms with Gasteiger partial charge in [0.05, 0.1) is 30.4 Å².